The van der Waals surface area contributed by atoms with Gasteiger partial charge in [-0.15, -0.1) is 0 Å². The van der Waals surface area contributed by atoms with Gasteiger partial charge in [-0.05, 0) is 0 Å². The van der Waals surface area contributed by atoms with E-state index < -0.39 is 17.8 Å². The van der Waals surface area contributed by atoms with Crippen molar-refractivity contribution in [3.8, 4) is 0 Å². The molecule has 0 saturated carbocycles. The summed E-state index contributed by atoms with van der Waals surface area (Å²) in [6.45, 7) is -0.227. The van der Waals surface area contributed by atoms with Crippen molar-refractivity contribution in [2.45, 2.75) is 12.8 Å². The molecule has 74 valence electrons. The summed E-state index contributed by atoms with van der Waals surface area (Å²) >= 11 is 0. The second-order valence-electron chi connectivity index (χ2n) is 2.25. The van der Waals surface area contributed by atoms with Crippen LogP contribution in [0.3, 0.4) is 0 Å². The average molecular weight is 189 g/mol. The van der Waals surface area contributed by atoms with Crippen LogP contribution in [0.4, 0.5) is 0 Å². The van der Waals surface area contributed by atoms with Crippen molar-refractivity contribution in [1.29, 1.82) is 0 Å². The Kier molecular flexibility index (Phi) is 5.25. The van der Waals surface area contributed by atoms with Gasteiger partial charge in [0.05, 0.1) is 13.5 Å². The van der Waals surface area contributed by atoms with Gasteiger partial charge in [-0.3, -0.25) is 14.4 Å². The lowest BCUT2D eigenvalue weighted by Crippen LogP contribution is -2.30. The third kappa shape index (κ3) is 6.79. The fourth-order valence-corrected chi connectivity index (χ4v) is 0.552. The smallest absolute Gasteiger partial charge is 0.325 e. The van der Waals surface area contributed by atoms with Gasteiger partial charge in [-0.2, -0.15) is 0 Å². The molecule has 0 rings (SSSR count). The molecule has 6 nitrogen and oxygen atoms in total. The maximum atomic E-state index is 10.8. The van der Waals surface area contributed by atoms with Crippen LogP contribution >= 0.6 is 0 Å². The van der Waals surface area contributed by atoms with Crippen LogP contribution in [0.15, 0.2) is 0 Å². The molecule has 0 fully saturated rings. The molecule has 0 aromatic heterocycles. The molecule has 0 radical (unpaired) electrons. The van der Waals surface area contributed by atoms with Crippen LogP contribution in [0.5, 0.6) is 0 Å². The lowest BCUT2D eigenvalue weighted by molar-refractivity contribution is -0.141. The van der Waals surface area contributed by atoms with Gasteiger partial charge in [0, 0.05) is 6.42 Å². The number of carbonyl (C=O) groups excluding carboxylic acids is 2. The lowest BCUT2D eigenvalue weighted by atomic mass is 10.3. The van der Waals surface area contributed by atoms with Gasteiger partial charge < -0.3 is 15.2 Å². The fraction of sp³-hybridized carbons (Fsp3) is 0.571. The van der Waals surface area contributed by atoms with E-state index >= 15 is 0 Å². The Morgan fingerprint density at radius 3 is 2.38 bits per heavy atom. The van der Waals surface area contributed by atoms with E-state index in [1.54, 1.807) is 0 Å². The molecule has 0 atom stereocenters. The Morgan fingerprint density at radius 1 is 1.31 bits per heavy atom. The van der Waals surface area contributed by atoms with Gasteiger partial charge in [0.15, 0.2) is 0 Å². The average Bonchev–Trinajstić information content (AvgIpc) is 2.10. The highest BCUT2D eigenvalue weighted by atomic mass is 16.5. The first-order chi connectivity index (χ1) is 6.06. The first kappa shape index (κ1) is 11.4. The number of aliphatic carboxylic acids is 1. The maximum Gasteiger partial charge on any atom is 0.325 e. The molecule has 0 spiro atoms. The SMILES string of the molecule is COC(=O)CNC(=O)CCC(=O)O. The summed E-state index contributed by atoms with van der Waals surface area (Å²) in [5, 5.41) is 10.4. The van der Waals surface area contributed by atoms with Gasteiger partial charge in [0.2, 0.25) is 5.91 Å². The Hall–Kier alpha value is -1.59. The number of hydrogen-bond donors (Lipinski definition) is 2. The summed E-state index contributed by atoms with van der Waals surface area (Å²) in [6.07, 6.45) is -0.376. The summed E-state index contributed by atoms with van der Waals surface area (Å²) in [7, 11) is 1.20. The monoisotopic (exact) mass is 189 g/mol. The van der Waals surface area contributed by atoms with Crippen molar-refractivity contribution in [2.24, 2.45) is 0 Å². The zero-order chi connectivity index (χ0) is 10.3. The molecule has 0 aromatic rings. The molecule has 0 bridgehead atoms. The van der Waals surface area contributed by atoms with E-state index in [9.17, 15) is 14.4 Å². The highest BCUT2D eigenvalue weighted by Crippen LogP contribution is 1.87. The number of amides is 1. The van der Waals surface area contributed by atoms with E-state index in [4.69, 9.17) is 5.11 Å². The van der Waals surface area contributed by atoms with E-state index in [-0.39, 0.29) is 19.4 Å². The lowest BCUT2D eigenvalue weighted by Gasteiger charge is -2.01. The van der Waals surface area contributed by atoms with Crippen molar-refractivity contribution < 1.29 is 24.2 Å². The molecule has 0 aliphatic rings. The third-order valence-corrected chi connectivity index (χ3v) is 1.22. The largest absolute Gasteiger partial charge is 0.481 e. The van der Waals surface area contributed by atoms with Crippen LogP contribution in [-0.4, -0.2) is 36.6 Å². The highest BCUT2D eigenvalue weighted by Gasteiger charge is 2.06. The van der Waals surface area contributed by atoms with Crippen LogP contribution in [0.25, 0.3) is 0 Å². The Balaban J connectivity index is 3.52. The number of esters is 1. The van der Waals surface area contributed by atoms with Gasteiger partial charge in [0.1, 0.15) is 6.54 Å². The van der Waals surface area contributed by atoms with Gasteiger partial charge in [-0.25, -0.2) is 0 Å². The van der Waals surface area contributed by atoms with E-state index in [0.29, 0.717) is 0 Å². The highest BCUT2D eigenvalue weighted by molar-refractivity contribution is 5.84. The van der Waals surface area contributed by atoms with E-state index in [0.717, 1.165) is 0 Å². The Labute approximate surface area is 74.9 Å². The minimum Gasteiger partial charge on any atom is -0.481 e. The van der Waals surface area contributed by atoms with E-state index in [1.807, 2.05) is 0 Å². The van der Waals surface area contributed by atoms with Gasteiger partial charge >= 0.3 is 11.9 Å². The minimum atomic E-state index is -1.05. The molecule has 13 heavy (non-hydrogen) atoms. The number of carboxylic acids is 1. The van der Waals surface area contributed by atoms with Crippen LogP contribution in [0.2, 0.25) is 0 Å². The van der Waals surface area contributed by atoms with Crippen molar-refractivity contribution in [3.63, 3.8) is 0 Å². The normalized spacial score (nSPS) is 9.00. The zero-order valence-corrected chi connectivity index (χ0v) is 7.20. The molecule has 0 aromatic carbocycles. The van der Waals surface area contributed by atoms with Crippen LogP contribution in [0, 0.1) is 0 Å². The summed E-state index contributed by atoms with van der Waals surface area (Å²) in [5.41, 5.74) is 0. The number of carboxylic acid groups (broad SMARTS) is 1. The van der Waals surface area contributed by atoms with Crippen molar-refractivity contribution in [1.82, 2.24) is 5.32 Å². The quantitative estimate of drug-likeness (QED) is 0.549. The molecule has 0 aliphatic carbocycles. The molecule has 0 heterocycles. The number of nitrogens with one attached hydrogen (secondary N) is 1. The molecule has 0 unspecified atom stereocenters. The van der Waals surface area contributed by atoms with Crippen molar-refractivity contribution in [3.05, 3.63) is 0 Å². The summed E-state index contributed by atoms with van der Waals surface area (Å²) in [5.74, 6) is -2.09. The third-order valence-electron chi connectivity index (χ3n) is 1.22. The van der Waals surface area contributed by atoms with Crippen molar-refractivity contribution in [2.75, 3.05) is 13.7 Å². The fourth-order valence-electron chi connectivity index (χ4n) is 0.552. The number of ether oxygens (including phenoxy) is 1. The Bertz CT molecular complexity index is 213. The molecule has 0 aliphatic heterocycles. The molecular weight excluding hydrogens is 178 g/mol. The van der Waals surface area contributed by atoms with Crippen LogP contribution in [-0.2, 0) is 19.1 Å². The summed E-state index contributed by atoms with van der Waals surface area (Å²) in [4.78, 5) is 31.3. The van der Waals surface area contributed by atoms with Gasteiger partial charge in [-0.1, -0.05) is 0 Å². The summed E-state index contributed by atoms with van der Waals surface area (Å²) < 4.78 is 4.26. The molecule has 0 saturated heterocycles. The van der Waals surface area contributed by atoms with Crippen LogP contribution < -0.4 is 5.32 Å². The number of carbonyl (C=O) groups is 3. The Morgan fingerprint density at radius 2 is 1.92 bits per heavy atom. The molecule has 2 N–H and O–H groups in total. The summed E-state index contributed by atoms with van der Waals surface area (Å²) in [6, 6.07) is 0. The predicted molar refractivity (Wildman–Crippen MR) is 41.9 cm³/mol. The maximum absolute atomic E-state index is 10.8. The van der Waals surface area contributed by atoms with E-state index in [2.05, 4.69) is 10.1 Å². The minimum absolute atomic E-state index is 0.133. The van der Waals surface area contributed by atoms with E-state index in [1.165, 1.54) is 7.11 Å². The number of hydrogen-bond acceptors (Lipinski definition) is 4. The second kappa shape index (κ2) is 5.99. The van der Waals surface area contributed by atoms with Crippen LogP contribution in [0.1, 0.15) is 12.8 Å². The topological polar surface area (TPSA) is 92.7 Å². The number of methoxy groups -OCH3 is 1. The standard InChI is InChI=1S/C7H11NO5/c1-13-7(12)4-8-5(9)2-3-6(10)11/h2-4H2,1H3,(H,8,9)(H,10,11). The molecule has 1 amide bonds. The van der Waals surface area contributed by atoms with Gasteiger partial charge in [0.25, 0.3) is 0 Å². The predicted octanol–water partition coefficient (Wildman–Crippen LogP) is -0.860. The molecule has 6 heteroatoms. The molecular formula is C7H11NO5. The second-order valence-corrected chi connectivity index (χ2v) is 2.25. The first-order valence-electron chi connectivity index (χ1n) is 3.61. The van der Waals surface area contributed by atoms with Crippen molar-refractivity contribution >= 4 is 17.8 Å². The first-order valence-corrected chi connectivity index (χ1v) is 3.61. The number of rotatable bonds is 5. The zero-order valence-electron chi connectivity index (χ0n) is 7.20.